The van der Waals surface area contributed by atoms with Crippen LogP contribution in [0.25, 0.3) is 11.0 Å². The number of hydrogen-bond donors (Lipinski definition) is 0. The van der Waals surface area contributed by atoms with Gasteiger partial charge in [-0.25, -0.2) is 4.98 Å². The van der Waals surface area contributed by atoms with Crippen LogP contribution in [-0.2, 0) is 12.4 Å². The summed E-state index contributed by atoms with van der Waals surface area (Å²) in [5.74, 6) is 3.16. The third kappa shape index (κ3) is 2.51. The van der Waals surface area contributed by atoms with E-state index in [1.165, 1.54) is 25.7 Å². The second-order valence-corrected chi connectivity index (χ2v) is 5.72. The van der Waals surface area contributed by atoms with Crippen LogP contribution in [0.3, 0.4) is 0 Å². The van der Waals surface area contributed by atoms with Gasteiger partial charge in [0.05, 0.1) is 18.0 Å². The van der Waals surface area contributed by atoms with Crippen molar-refractivity contribution in [2.45, 2.75) is 45.0 Å². The molecule has 0 spiro atoms. The zero-order chi connectivity index (χ0) is 13.9. The van der Waals surface area contributed by atoms with Crippen molar-refractivity contribution >= 4 is 22.6 Å². The third-order valence-electron chi connectivity index (χ3n) is 4.23. The molecule has 108 valence electrons. The largest absolute Gasteiger partial charge is 0.492 e. The van der Waals surface area contributed by atoms with E-state index in [-0.39, 0.29) is 0 Å². The van der Waals surface area contributed by atoms with Crippen LogP contribution >= 0.6 is 11.6 Å². The molecule has 3 nitrogen and oxygen atoms in total. The minimum absolute atomic E-state index is 0.449. The molecule has 1 heterocycles. The number of hydrogen-bond acceptors (Lipinski definition) is 2. The lowest BCUT2D eigenvalue weighted by Crippen LogP contribution is -2.14. The van der Waals surface area contributed by atoms with E-state index in [1.807, 2.05) is 19.1 Å². The molecule has 0 unspecified atom stereocenters. The number of fused-ring (bicyclic) bond motifs is 1. The minimum atomic E-state index is 0.449. The highest BCUT2D eigenvalue weighted by Crippen LogP contribution is 2.32. The van der Waals surface area contributed by atoms with Gasteiger partial charge in [0.2, 0.25) is 0 Å². The van der Waals surface area contributed by atoms with E-state index in [1.54, 1.807) is 0 Å². The predicted molar refractivity (Wildman–Crippen MR) is 82.4 cm³/mol. The molecule has 1 aromatic heterocycles. The van der Waals surface area contributed by atoms with Gasteiger partial charge in [-0.1, -0.05) is 25.3 Å². The standard InChI is InChI=1S/C16H21ClN2O/c1-2-20-14-8-4-7-13-16(14)18-15(11-17)19(13)10-9-12-5-3-6-12/h4,7-8,12H,2-3,5-6,9-11H2,1H3. The summed E-state index contributed by atoms with van der Waals surface area (Å²) < 4.78 is 7.94. The van der Waals surface area contributed by atoms with Crippen molar-refractivity contribution in [2.75, 3.05) is 6.61 Å². The van der Waals surface area contributed by atoms with Gasteiger partial charge in [0.25, 0.3) is 0 Å². The van der Waals surface area contributed by atoms with Gasteiger partial charge >= 0.3 is 0 Å². The molecule has 0 saturated heterocycles. The summed E-state index contributed by atoms with van der Waals surface area (Å²) in [5, 5.41) is 0. The zero-order valence-corrected chi connectivity index (χ0v) is 12.7. The van der Waals surface area contributed by atoms with Crippen molar-refractivity contribution in [3.05, 3.63) is 24.0 Å². The molecule has 20 heavy (non-hydrogen) atoms. The summed E-state index contributed by atoms with van der Waals surface area (Å²) in [5.41, 5.74) is 2.09. The molecule has 1 aliphatic rings. The van der Waals surface area contributed by atoms with Crippen LogP contribution in [0.2, 0.25) is 0 Å². The van der Waals surface area contributed by atoms with Gasteiger partial charge in [-0.2, -0.15) is 0 Å². The van der Waals surface area contributed by atoms with E-state index in [4.69, 9.17) is 16.3 Å². The maximum Gasteiger partial charge on any atom is 0.147 e. The number of rotatable bonds is 6. The molecule has 2 aromatic rings. The smallest absolute Gasteiger partial charge is 0.147 e. The Labute approximate surface area is 124 Å². The van der Waals surface area contributed by atoms with E-state index in [0.29, 0.717) is 12.5 Å². The minimum Gasteiger partial charge on any atom is -0.492 e. The molecular formula is C16H21ClN2O. The van der Waals surface area contributed by atoms with E-state index >= 15 is 0 Å². The van der Waals surface area contributed by atoms with Crippen LogP contribution in [0.5, 0.6) is 5.75 Å². The summed E-state index contributed by atoms with van der Waals surface area (Å²) in [6.45, 7) is 3.66. The third-order valence-corrected chi connectivity index (χ3v) is 4.47. The van der Waals surface area contributed by atoms with E-state index in [9.17, 15) is 0 Å². The molecule has 1 fully saturated rings. The highest BCUT2D eigenvalue weighted by Gasteiger charge is 2.19. The lowest BCUT2D eigenvalue weighted by molar-refractivity contribution is 0.282. The fourth-order valence-electron chi connectivity index (χ4n) is 2.89. The van der Waals surface area contributed by atoms with Crippen molar-refractivity contribution < 1.29 is 4.74 Å². The predicted octanol–water partition coefficient (Wildman–Crippen LogP) is 4.36. The first-order valence-electron chi connectivity index (χ1n) is 7.50. The zero-order valence-electron chi connectivity index (χ0n) is 11.9. The Morgan fingerprint density at radius 1 is 1.40 bits per heavy atom. The Hall–Kier alpha value is -1.22. The highest BCUT2D eigenvalue weighted by molar-refractivity contribution is 6.16. The number of aromatic nitrogens is 2. The van der Waals surface area contributed by atoms with Crippen molar-refractivity contribution in [2.24, 2.45) is 5.92 Å². The normalized spacial score (nSPS) is 15.5. The molecule has 4 heteroatoms. The van der Waals surface area contributed by atoms with Gasteiger partial charge in [0, 0.05) is 6.54 Å². The highest BCUT2D eigenvalue weighted by atomic mass is 35.5. The summed E-state index contributed by atoms with van der Waals surface area (Å²) in [6.07, 6.45) is 5.39. The summed E-state index contributed by atoms with van der Waals surface area (Å²) in [7, 11) is 0. The van der Waals surface area contributed by atoms with Crippen molar-refractivity contribution in [3.8, 4) is 5.75 Å². The number of aryl methyl sites for hydroxylation is 1. The maximum absolute atomic E-state index is 6.07. The average molecular weight is 293 g/mol. The first kappa shape index (κ1) is 13.7. The second-order valence-electron chi connectivity index (χ2n) is 5.46. The summed E-state index contributed by atoms with van der Waals surface area (Å²) >= 11 is 6.07. The van der Waals surface area contributed by atoms with Crippen LogP contribution in [-0.4, -0.2) is 16.2 Å². The number of halogens is 1. The Morgan fingerprint density at radius 2 is 2.25 bits per heavy atom. The first-order valence-corrected chi connectivity index (χ1v) is 8.03. The molecule has 1 aromatic carbocycles. The van der Waals surface area contributed by atoms with Crippen LogP contribution in [0.15, 0.2) is 18.2 Å². The molecule has 0 aliphatic heterocycles. The SMILES string of the molecule is CCOc1cccc2c1nc(CCl)n2CCC1CCC1. The number of imidazole rings is 1. The Bertz CT molecular complexity index is 589. The van der Waals surface area contributed by atoms with Gasteiger partial charge < -0.3 is 9.30 Å². The molecule has 1 saturated carbocycles. The number of alkyl halides is 1. The van der Waals surface area contributed by atoms with Gasteiger partial charge in [0.15, 0.2) is 0 Å². The number of nitrogens with zero attached hydrogens (tertiary/aromatic N) is 2. The molecule has 0 amide bonds. The molecular weight excluding hydrogens is 272 g/mol. The molecule has 0 bridgehead atoms. The number of para-hydroxylation sites is 1. The lowest BCUT2D eigenvalue weighted by Gasteiger charge is -2.25. The molecule has 0 N–H and O–H groups in total. The van der Waals surface area contributed by atoms with Crippen LogP contribution in [0.1, 0.15) is 38.4 Å². The quantitative estimate of drug-likeness (QED) is 0.740. The lowest BCUT2D eigenvalue weighted by atomic mass is 9.83. The Kier molecular flexibility index (Phi) is 4.16. The number of benzene rings is 1. The Balaban J connectivity index is 1.93. The maximum atomic E-state index is 6.07. The fraction of sp³-hybridized carbons (Fsp3) is 0.562. The van der Waals surface area contributed by atoms with Crippen LogP contribution in [0.4, 0.5) is 0 Å². The number of ether oxygens (including phenoxy) is 1. The summed E-state index contributed by atoms with van der Waals surface area (Å²) in [6, 6.07) is 6.13. The molecule has 3 rings (SSSR count). The summed E-state index contributed by atoms with van der Waals surface area (Å²) in [4.78, 5) is 4.68. The van der Waals surface area contributed by atoms with Crippen LogP contribution in [0, 0.1) is 5.92 Å². The monoisotopic (exact) mass is 292 g/mol. The van der Waals surface area contributed by atoms with Crippen molar-refractivity contribution in [1.29, 1.82) is 0 Å². The fourth-order valence-corrected chi connectivity index (χ4v) is 3.09. The first-order chi connectivity index (χ1) is 9.83. The van der Waals surface area contributed by atoms with E-state index < -0.39 is 0 Å². The second kappa shape index (κ2) is 6.04. The van der Waals surface area contributed by atoms with Gasteiger partial charge in [-0.3, -0.25) is 0 Å². The molecule has 0 atom stereocenters. The average Bonchev–Trinajstić information content (AvgIpc) is 2.77. The van der Waals surface area contributed by atoms with Crippen molar-refractivity contribution in [3.63, 3.8) is 0 Å². The molecule has 0 radical (unpaired) electrons. The van der Waals surface area contributed by atoms with Gasteiger partial charge in [-0.05, 0) is 31.4 Å². The van der Waals surface area contributed by atoms with Gasteiger partial charge in [-0.15, -0.1) is 11.6 Å². The van der Waals surface area contributed by atoms with Crippen LogP contribution < -0.4 is 4.74 Å². The molecule has 1 aliphatic carbocycles. The van der Waals surface area contributed by atoms with Crippen molar-refractivity contribution in [1.82, 2.24) is 9.55 Å². The Morgan fingerprint density at radius 3 is 2.90 bits per heavy atom. The van der Waals surface area contributed by atoms with E-state index in [2.05, 4.69) is 15.6 Å². The van der Waals surface area contributed by atoms with E-state index in [0.717, 1.165) is 35.1 Å². The topological polar surface area (TPSA) is 27.1 Å². The van der Waals surface area contributed by atoms with Gasteiger partial charge in [0.1, 0.15) is 17.1 Å².